The Labute approximate surface area is 202 Å². The van der Waals surface area contributed by atoms with Gasteiger partial charge in [0.2, 0.25) is 6.41 Å². The Morgan fingerprint density at radius 1 is 1.42 bits per heavy atom. The van der Waals surface area contributed by atoms with Crippen LogP contribution in [0.25, 0.3) is 0 Å². The summed E-state index contributed by atoms with van der Waals surface area (Å²) in [6, 6.07) is -0.956. The second kappa shape index (κ2) is 11.5. The normalized spacial score (nSPS) is 20.1. The van der Waals surface area contributed by atoms with Crippen LogP contribution >= 0.6 is 34.7 Å². The van der Waals surface area contributed by atoms with Gasteiger partial charge in [0.1, 0.15) is 29.4 Å². The molecule has 1 fully saturated rings. The van der Waals surface area contributed by atoms with Crippen LogP contribution < -0.4 is 10.6 Å². The summed E-state index contributed by atoms with van der Waals surface area (Å²) in [5.74, 6) is -2.39. The van der Waals surface area contributed by atoms with Crippen LogP contribution in [0.1, 0.15) is 38.3 Å². The van der Waals surface area contributed by atoms with E-state index in [1.807, 2.05) is 0 Å². The zero-order chi connectivity index (χ0) is 24.0. The predicted molar refractivity (Wildman–Crippen MR) is 124 cm³/mol. The van der Waals surface area contributed by atoms with Gasteiger partial charge in [-0.25, -0.2) is 9.78 Å². The number of aromatic nitrogens is 1. The first-order chi connectivity index (χ1) is 15.9. The van der Waals surface area contributed by atoms with Gasteiger partial charge in [0.25, 0.3) is 11.8 Å². The molecule has 2 aliphatic rings. The van der Waals surface area contributed by atoms with Crippen molar-refractivity contribution in [3.05, 3.63) is 21.8 Å². The van der Waals surface area contributed by atoms with E-state index in [0.717, 1.165) is 41.9 Å². The lowest BCUT2D eigenvalue weighted by Crippen LogP contribution is -2.71. The predicted octanol–water partition coefficient (Wildman–Crippen LogP) is 1.95. The number of nitrogens with zero attached hydrogens (tertiary/aromatic N) is 3. The Kier molecular flexibility index (Phi) is 8.69. The molecule has 1 aromatic rings. The van der Waals surface area contributed by atoms with E-state index in [-0.39, 0.29) is 33.0 Å². The third-order valence-corrected chi connectivity index (χ3v) is 7.32. The highest BCUT2D eigenvalue weighted by atomic mass is 35.5. The lowest BCUT2D eigenvalue weighted by molar-refractivity contribution is -0.150. The fraction of sp³-hybridized carbons (Fsp3) is 0.474. The third-order valence-electron chi connectivity index (χ3n) is 4.80. The average Bonchev–Trinajstić information content (AvgIpc) is 3.24. The zero-order valence-corrected chi connectivity index (χ0v) is 20.0. The maximum absolute atomic E-state index is 13.0. The summed E-state index contributed by atoms with van der Waals surface area (Å²) in [5.41, 5.74) is -0.256. The molecule has 0 aliphatic carbocycles. The maximum atomic E-state index is 13.0. The number of carbonyl (C=O) groups is 4. The van der Waals surface area contributed by atoms with Crippen LogP contribution in [0.2, 0.25) is 0 Å². The number of halogens is 1. The number of aliphatic carboxylic acids is 1. The van der Waals surface area contributed by atoms with E-state index >= 15 is 0 Å². The summed E-state index contributed by atoms with van der Waals surface area (Å²) in [6.45, 7) is 2.39. The SMILES string of the molecule is CCCCCCON=C(C(=O)NC1C(=O)N2C(C(=O)O)=C(Cl)CS[C@@H]12)c1csc(NC=O)n1. The van der Waals surface area contributed by atoms with Gasteiger partial charge in [0.15, 0.2) is 10.8 Å². The summed E-state index contributed by atoms with van der Waals surface area (Å²) in [7, 11) is 0. The number of unbranched alkanes of at least 4 members (excludes halogenated alkanes) is 3. The van der Waals surface area contributed by atoms with Crippen molar-refractivity contribution in [2.75, 3.05) is 17.7 Å². The van der Waals surface area contributed by atoms with E-state index in [1.54, 1.807) is 0 Å². The summed E-state index contributed by atoms with van der Waals surface area (Å²) < 4.78 is 0. The molecule has 3 amide bonds. The highest BCUT2D eigenvalue weighted by molar-refractivity contribution is 8.00. The first-order valence-corrected chi connectivity index (χ1v) is 12.4. The van der Waals surface area contributed by atoms with Crippen LogP contribution in [-0.2, 0) is 24.0 Å². The fourth-order valence-electron chi connectivity index (χ4n) is 3.20. The molecule has 1 unspecified atom stereocenters. The number of carbonyl (C=O) groups excluding carboxylic acids is 3. The second-order valence-corrected chi connectivity index (χ2v) is 9.47. The number of hydrogen-bond acceptors (Lipinski definition) is 9. The van der Waals surface area contributed by atoms with Crippen LogP contribution in [0, 0.1) is 0 Å². The number of fused-ring (bicyclic) bond motifs is 1. The van der Waals surface area contributed by atoms with Crippen molar-refractivity contribution in [1.29, 1.82) is 0 Å². The molecule has 1 saturated heterocycles. The lowest BCUT2D eigenvalue weighted by Gasteiger charge is -2.48. The van der Waals surface area contributed by atoms with Crippen molar-refractivity contribution in [3.8, 4) is 0 Å². The highest BCUT2D eigenvalue weighted by Crippen LogP contribution is 2.41. The van der Waals surface area contributed by atoms with E-state index in [0.29, 0.717) is 13.0 Å². The van der Waals surface area contributed by atoms with Gasteiger partial charge >= 0.3 is 5.97 Å². The zero-order valence-electron chi connectivity index (χ0n) is 17.6. The minimum atomic E-state index is -1.31. The van der Waals surface area contributed by atoms with Gasteiger partial charge in [0.05, 0.1) is 5.03 Å². The number of rotatable bonds is 12. The molecule has 11 nitrogen and oxygen atoms in total. The number of hydrogen-bond donors (Lipinski definition) is 3. The van der Waals surface area contributed by atoms with Crippen LogP contribution in [0.3, 0.4) is 0 Å². The van der Waals surface area contributed by atoms with E-state index < -0.39 is 29.2 Å². The van der Waals surface area contributed by atoms with Crippen molar-refractivity contribution in [3.63, 3.8) is 0 Å². The molecule has 0 saturated carbocycles. The fourth-order valence-corrected chi connectivity index (χ4v) is 5.40. The van der Waals surface area contributed by atoms with Gasteiger partial charge < -0.3 is 20.6 Å². The molecule has 2 atom stereocenters. The van der Waals surface area contributed by atoms with Crippen molar-refractivity contribution in [1.82, 2.24) is 15.2 Å². The molecular formula is C19H22ClN5O6S2. The minimum absolute atomic E-state index is 0.0679. The largest absolute Gasteiger partial charge is 0.477 e. The van der Waals surface area contributed by atoms with E-state index in [1.165, 1.54) is 17.1 Å². The first kappa shape index (κ1) is 25.0. The van der Waals surface area contributed by atoms with Gasteiger partial charge in [0, 0.05) is 11.1 Å². The van der Waals surface area contributed by atoms with E-state index in [9.17, 15) is 24.3 Å². The number of β-lactam (4-membered cyclic amide) rings is 1. The lowest BCUT2D eigenvalue weighted by atomic mass is 10.0. The summed E-state index contributed by atoms with van der Waals surface area (Å²) in [4.78, 5) is 58.3. The van der Waals surface area contributed by atoms with Crippen LogP contribution in [0.5, 0.6) is 0 Å². The quantitative estimate of drug-likeness (QED) is 0.126. The number of anilines is 1. The van der Waals surface area contributed by atoms with Gasteiger partial charge in [-0.2, -0.15) is 0 Å². The van der Waals surface area contributed by atoms with Crippen LogP contribution in [0.4, 0.5) is 5.13 Å². The molecule has 178 valence electrons. The molecule has 1 aromatic heterocycles. The number of oxime groups is 1. The Morgan fingerprint density at radius 3 is 2.91 bits per heavy atom. The van der Waals surface area contributed by atoms with Crippen molar-refractivity contribution >= 4 is 69.7 Å². The van der Waals surface area contributed by atoms with Gasteiger partial charge in [-0.05, 0) is 12.8 Å². The first-order valence-electron chi connectivity index (χ1n) is 10.1. The smallest absolute Gasteiger partial charge is 0.353 e. The number of carboxylic acids is 1. The summed E-state index contributed by atoms with van der Waals surface area (Å²) >= 11 is 8.32. The summed E-state index contributed by atoms with van der Waals surface area (Å²) in [5, 5.41) is 19.6. The monoisotopic (exact) mass is 515 g/mol. The molecule has 3 rings (SSSR count). The van der Waals surface area contributed by atoms with Gasteiger partial charge in [-0.15, -0.1) is 23.1 Å². The Morgan fingerprint density at radius 2 is 2.21 bits per heavy atom. The molecule has 33 heavy (non-hydrogen) atoms. The van der Waals surface area contributed by atoms with Crippen LogP contribution in [0.15, 0.2) is 21.3 Å². The Balaban J connectivity index is 1.73. The van der Waals surface area contributed by atoms with E-state index in [4.69, 9.17) is 16.4 Å². The maximum Gasteiger partial charge on any atom is 0.353 e. The number of amides is 3. The third kappa shape index (κ3) is 5.65. The molecule has 0 spiro atoms. The molecular weight excluding hydrogens is 494 g/mol. The number of carboxylic acid groups (broad SMARTS) is 1. The standard InChI is InChI=1S/C19H22ClN5O6S2/c1-2-3-4-5-6-31-24-12(11-8-33-19(22-11)21-9-26)15(27)23-13-16(28)25-14(18(29)30)10(20)7-32-17(13)25/h8-9,13,17H,2-7H2,1H3,(H,23,27)(H,29,30)(H,21,22,26)/t13?,17-/m0/s1. The second-order valence-electron chi connectivity index (χ2n) is 7.05. The van der Waals surface area contributed by atoms with Crippen LogP contribution in [-0.4, -0.2) is 68.7 Å². The molecule has 0 aromatic carbocycles. The molecule has 2 aliphatic heterocycles. The molecule has 0 radical (unpaired) electrons. The molecule has 3 heterocycles. The number of thiazole rings is 1. The molecule has 3 N–H and O–H groups in total. The Hall–Kier alpha value is -2.64. The van der Waals surface area contributed by atoms with Crippen molar-refractivity contribution in [2.24, 2.45) is 5.16 Å². The Bertz CT molecular complexity index is 997. The topological polar surface area (TPSA) is 150 Å². The number of nitrogens with one attached hydrogen (secondary N) is 2. The van der Waals surface area contributed by atoms with Gasteiger partial charge in [-0.1, -0.05) is 36.5 Å². The molecule has 0 bridgehead atoms. The minimum Gasteiger partial charge on any atom is -0.477 e. The molecule has 14 heteroatoms. The summed E-state index contributed by atoms with van der Waals surface area (Å²) in [6.07, 6.45) is 4.32. The van der Waals surface area contributed by atoms with Crippen molar-refractivity contribution < 1.29 is 29.1 Å². The van der Waals surface area contributed by atoms with Gasteiger partial charge in [-0.3, -0.25) is 19.3 Å². The highest BCUT2D eigenvalue weighted by Gasteiger charge is 2.54. The van der Waals surface area contributed by atoms with Crippen molar-refractivity contribution in [2.45, 2.75) is 44.0 Å². The van der Waals surface area contributed by atoms with E-state index in [2.05, 4.69) is 27.7 Å². The number of thioether (sulfide) groups is 1. The average molecular weight is 516 g/mol.